The maximum absolute atomic E-state index is 2.28. The number of nitrogens with zero attached hydrogens (tertiary/aromatic N) is 4. The SMILES string of the molecule is C[n+]1cn(C[C]2[CH][CH][CH][CH]2)c2ccccc21.C[n+]1cn(C[C]2[CH][CH][CH][CH]2)c2ccccc21.[Fe+2].[I-].[I-]. The van der Waals surface area contributed by atoms with E-state index in [2.05, 4.69) is 145 Å². The van der Waals surface area contributed by atoms with Gasteiger partial charge < -0.3 is 48.0 Å². The molecular formula is C28H28FeI2N4+2. The van der Waals surface area contributed by atoms with Crippen LogP contribution < -0.4 is 57.1 Å². The normalized spacial score (nSPS) is 15.8. The Bertz CT molecular complexity index is 1100. The van der Waals surface area contributed by atoms with E-state index in [9.17, 15) is 0 Å². The second-order valence-electron chi connectivity index (χ2n) is 8.27. The van der Waals surface area contributed by atoms with Gasteiger partial charge in [0.05, 0.1) is 27.2 Å². The third kappa shape index (κ3) is 7.23. The number of benzene rings is 2. The molecule has 4 nitrogen and oxygen atoms in total. The first kappa shape index (κ1) is 30.6. The quantitative estimate of drug-likeness (QED) is 0.129. The predicted octanol–water partition coefficient (Wildman–Crippen LogP) is -2.25. The second-order valence-corrected chi connectivity index (χ2v) is 8.27. The molecule has 0 aliphatic heterocycles. The van der Waals surface area contributed by atoms with E-state index < -0.39 is 0 Å². The maximum Gasteiger partial charge on any atom is 2.00 e. The van der Waals surface area contributed by atoms with Crippen molar-refractivity contribution < 1.29 is 74.2 Å². The monoisotopic (exact) mass is 730 g/mol. The van der Waals surface area contributed by atoms with Crippen LogP contribution in [0.5, 0.6) is 0 Å². The van der Waals surface area contributed by atoms with Crippen LogP contribution >= 0.6 is 0 Å². The number of fused-ring (bicyclic) bond motifs is 2. The number of rotatable bonds is 4. The summed E-state index contributed by atoms with van der Waals surface area (Å²) < 4.78 is 8.89. The van der Waals surface area contributed by atoms with Crippen molar-refractivity contribution in [1.29, 1.82) is 0 Å². The Morgan fingerprint density at radius 1 is 0.571 bits per heavy atom. The minimum atomic E-state index is 0. The molecule has 7 heteroatoms. The molecule has 2 saturated carbocycles. The Labute approximate surface area is 255 Å². The summed E-state index contributed by atoms with van der Waals surface area (Å²) in [5.41, 5.74) is 5.11. The average Bonchev–Trinajstić information content (AvgIpc) is 3.61. The van der Waals surface area contributed by atoms with Crippen LogP contribution in [0.15, 0.2) is 61.2 Å². The second kappa shape index (κ2) is 14.3. The first-order valence-corrected chi connectivity index (χ1v) is 11.0. The van der Waals surface area contributed by atoms with Crippen LogP contribution in [0.2, 0.25) is 0 Å². The predicted molar refractivity (Wildman–Crippen MR) is 127 cm³/mol. The summed E-state index contributed by atoms with van der Waals surface area (Å²) in [6.45, 7) is 1.88. The van der Waals surface area contributed by atoms with Gasteiger partial charge in [-0.25, -0.2) is 18.3 Å². The van der Waals surface area contributed by atoms with E-state index in [0.29, 0.717) is 0 Å². The Balaban J connectivity index is 0.000000227. The molecule has 2 aliphatic carbocycles. The van der Waals surface area contributed by atoms with Gasteiger partial charge in [-0.15, -0.1) is 0 Å². The first-order valence-electron chi connectivity index (χ1n) is 11.0. The molecule has 35 heavy (non-hydrogen) atoms. The zero-order chi connectivity index (χ0) is 21.9. The van der Waals surface area contributed by atoms with Gasteiger partial charge in [0.15, 0.2) is 22.1 Å². The summed E-state index contributed by atoms with van der Waals surface area (Å²) in [4.78, 5) is 0. The number of aryl methyl sites for hydroxylation is 2. The van der Waals surface area contributed by atoms with Crippen LogP contribution in [0.3, 0.4) is 0 Å². The van der Waals surface area contributed by atoms with Crippen LogP contribution in [0, 0.1) is 63.2 Å². The Morgan fingerprint density at radius 3 is 1.29 bits per heavy atom. The van der Waals surface area contributed by atoms with Gasteiger partial charge in [0.2, 0.25) is 12.7 Å². The largest absolute Gasteiger partial charge is 2.00 e. The van der Waals surface area contributed by atoms with Crippen LogP contribution in [0.4, 0.5) is 0 Å². The van der Waals surface area contributed by atoms with E-state index in [0.717, 1.165) is 13.1 Å². The van der Waals surface area contributed by atoms with Gasteiger partial charge in [0.1, 0.15) is 0 Å². The van der Waals surface area contributed by atoms with Gasteiger partial charge in [0.25, 0.3) is 0 Å². The molecule has 0 bridgehead atoms. The summed E-state index contributed by atoms with van der Waals surface area (Å²) in [5.74, 6) is 2.70. The van der Waals surface area contributed by atoms with Gasteiger partial charge >= 0.3 is 17.1 Å². The van der Waals surface area contributed by atoms with Crippen LogP contribution in [0.25, 0.3) is 22.1 Å². The number of aromatic nitrogens is 4. The fraction of sp³-hybridized carbons (Fsp3) is 0.143. The fourth-order valence-electron chi connectivity index (χ4n) is 4.36. The molecule has 0 N–H and O–H groups in total. The van der Waals surface area contributed by atoms with E-state index in [4.69, 9.17) is 0 Å². The van der Waals surface area contributed by atoms with Gasteiger partial charge in [-0.2, -0.15) is 0 Å². The van der Waals surface area contributed by atoms with E-state index in [-0.39, 0.29) is 65.0 Å². The van der Waals surface area contributed by atoms with Gasteiger partial charge in [0, 0.05) is 11.8 Å². The Kier molecular flexibility index (Phi) is 12.5. The Hall–Kier alpha value is -0.641. The third-order valence-electron chi connectivity index (χ3n) is 5.94. The number of hydrogen-bond donors (Lipinski definition) is 0. The van der Waals surface area contributed by atoms with E-state index >= 15 is 0 Å². The van der Waals surface area contributed by atoms with Crippen molar-refractivity contribution in [3.8, 4) is 0 Å². The van der Waals surface area contributed by atoms with Gasteiger partial charge in [-0.05, 0) is 75.6 Å². The van der Waals surface area contributed by atoms with Crippen molar-refractivity contribution in [1.82, 2.24) is 9.13 Å². The molecule has 2 aliphatic rings. The van der Waals surface area contributed by atoms with Crippen LogP contribution in [-0.2, 0) is 44.3 Å². The number of para-hydroxylation sites is 4. The molecule has 0 unspecified atom stereocenters. The van der Waals surface area contributed by atoms with Crippen molar-refractivity contribution >= 4 is 22.1 Å². The number of hydrogen-bond acceptors (Lipinski definition) is 0. The minimum absolute atomic E-state index is 0. The van der Waals surface area contributed by atoms with Crippen LogP contribution in [0.1, 0.15) is 0 Å². The molecule has 0 amide bonds. The smallest absolute Gasteiger partial charge is 1.00 e. The van der Waals surface area contributed by atoms with E-state index in [1.807, 2.05) is 0 Å². The summed E-state index contributed by atoms with van der Waals surface area (Å²) >= 11 is 0. The summed E-state index contributed by atoms with van der Waals surface area (Å²) in [5, 5.41) is 0. The first-order chi connectivity index (χ1) is 15.7. The topological polar surface area (TPSA) is 17.6 Å². The van der Waals surface area contributed by atoms with Crippen molar-refractivity contribution in [2.75, 3.05) is 0 Å². The molecule has 2 fully saturated rings. The zero-order valence-electron chi connectivity index (χ0n) is 19.7. The molecule has 180 valence electrons. The van der Waals surface area contributed by atoms with E-state index in [1.165, 1.54) is 33.9 Å². The summed E-state index contributed by atoms with van der Waals surface area (Å²) in [6.07, 6.45) is 21.3. The van der Waals surface area contributed by atoms with Gasteiger partial charge in [-0.1, -0.05) is 24.3 Å². The average molecular weight is 730 g/mol. The molecule has 10 radical (unpaired) electrons. The molecule has 0 atom stereocenters. The van der Waals surface area contributed by atoms with Crippen molar-refractivity contribution in [2.45, 2.75) is 13.1 Å². The maximum atomic E-state index is 2.28. The molecule has 2 aromatic carbocycles. The molecule has 0 spiro atoms. The van der Waals surface area contributed by atoms with Crippen LogP contribution in [-0.4, -0.2) is 9.13 Å². The molecule has 0 saturated heterocycles. The summed E-state index contributed by atoms with van der Waals surface area (Å²) in [6, 6.07) is 17.0. The number of halogens is 2. The van der Waals surface area contributed by atoms with Crippen molar-refractivity contribution in [2.24, 2.45) is 14.1 Å². The zero-order valence-corrected chi connectivity index (χ0v) is 25.1. The minimum Gasteiger partial charge on any atom is -1.00 e. The van der Waals surface area contributed by atoms with E-state index in [1.54, 1.807) is 0 Å². The summed E-state index contributed by atoms with van der Waals surface area (Å²) in [7, 11) is 4.17. The molecular weight excluding hydrogens is 702 g/mol. The van der Waals surface area contributed by atoms with Gasteiger partial charge in [-0.3, -0.25) is 0 Å². The fourth-order valence-corrected chi connectivity index (χ4v) is 4.36. The molecule has 6 rings (SSSR count). The number of imidazole rings is 2. The molecule has 2 aromatic heterocycles. The molecule has 4 aromatic rings. The standard InChI is InChI=1S/2C14H14N2.Fe.2HI/c2*1-15-11-16(10-12-6-2-3-7-12)14-9-5-4-8-13(14)15;;;/h2*2-9,11H,10H2,1H3;;2*1H/q2*+1;+2;;/p-2. The third-order valence-corrected chi connectivity index (χ3v) is 5.94. The van der Waals surface area contributed by atoms with Crippen molar-refractivity contribution in [3.05, 3.63) is 124 Å². The Morgan fingerprint density at radius 2 is 0.914 bits per heavy atom. The molecule has 2 heterocycles. The van der Waals surface area contributed by atoms with Crippen molar-refractivity contribution in [3.63, 3.8) is 0 Å².